The Balaban J connectivity index is 2.26. The molecule has 1 aromatic carbocycles. The van der Waals surface area contributed by atoms with Gasteiger partial charge >= 0.3 is 0 Å². The number of rotatable bonds is 2. The molecule has 2 rings (SSSR count). The van der Waals surface area contributed by atoms with E-state index >= 15 is 0 Å². The molecule has 3 nitrogen and oxygen atoms in total. The summed E-state index contributed by atoms with van der Waals surface area (Å²) in [6, 6.07) is 2.53. The van der Waals surface area contributed by atoms with Crippen molar-refractivity contribution >= 4 is 11.4 Å². The minimum Gasteiger partial charge on any atom is -0.395 e. The molecule has 0 amide bonds. The number of anilines is 2. The highest BCUT2D eigenvalue weighted by Crippen LogP contribution is 2.30. The number of hydrogen-bond acceptors (Lipinski definition) is 3. The number of nitrogen functional groups attached to an aromatic ring is 1. The van der Waals surface area contributed by atoms with E-state index in [1.54, 1.807) is 0 Å². The Morgan fingerprint density at radius 1 is 1.33 bits per heavy atom. The second-order valence-corrected chi connectivity index (χ2v) is 5.03. The fourth-order valence-electron chi connectivity index (χ4n) is 2.43. The predicted octanol–water partition coefficient (Wildman–Crippen LogP) is 2.08. The van der Waals surface area contributed by atoms with E-state index in [0.717, 1.165) is 32.0 Å². The molecule has 1 aliphatic heterocycles. The van der Waals surface area contributed by atoms with Gasteiger partial charge in [0.25, 0.3) is 0 Å². The zero-order valence-corrected chi connectivity index (χ0v) is 10.8. The first-order chi connectivity index (χ1) is 8.49. The molecule has 1 saturated heterocycles. The van der Waals surface area contributed by atoms with Crippen molar-refractivity contribution in [3.8, 4) is 0 Å². The Labute approximate surface area is 106 Å². The third-order valence-corrected chi connectivity index (χ3v) is 3.54. The number of hydrogen-bond donors (Lipinski definition) is 1. The lowest BCUT2D eigenvalue weighted by Crippen LogP contribution is -2.45. The van der Waals surface area contributed by atoms with Crippen molar-refractivity contribution in [1.82, 2.24) is 4.90 Å². The number of likely N-dealkylation sites (N-methyl/N-ethyl adjacent to an activating group) is 1. The maximum atomic E-state index is 13.4. The Kier molecular flexibility index (Phi) is 3.71. The molecule has 18 heavy (non-hydrogen) atoms. The molecule has 1 unspecified atom stereocenters. The average Bonchev–Trinajstić information content (AvgIpc) is 2.34. The first kappa shape index (κ1) is 13.1. The first-order valence-electron chi connectivity index (χ1n) is 6.15. The molecule has 0 aromatic heterocycles. The van der Waals surface area contributed by atoms with Gasteiger partial charge in [-0.2, -0.15) is 0 Å². The molecule has 1 fully saturated rings. The highest BCUT2D eigenvalue weighted by molar-refractivity contribution is 5.68. The maximum Gasteiger partial charge on any atom is 0.151 e. The minimum atomic E-state index is -0.683. The molecule has 0 bridgehead atoms. The summed E-state index contributed by atoms with van der Waals surface area (Å²) in [5, 5.41) is 0. The van der Waals surface area contributed by atoms with E-state index < -0.39 is 11.6 Å². The summed E-state index contributed by atoms with van der Waals surface area (Å²) in [6.07, 6.45) is 2.10. The van der Waals surface area contributed by atoms with Crippen LogP contribution >= 0.6 is 0 Å². The Hall–Kier alpha value is -1.36. The molecule has 1 aliphatic rings. The van der Waals surface area contributed by atoms with Crippen LogP contribution in [-0.4, -0.2) is 38.1 Å². The Morgan fingerprint density at radius 3 is 2.72 bits per heavy atom. The van der Waals surface area contributed by atoms with E-state index in [4.69, 9.17) is 5.73 Å². The topological polar surface area (TPSA) is 32.5 Å². The Morgan fingerprint density at radius 2 is 2.06 bits per heavy atom. The molecule has 0 saturated carbocycles. The van der Waals surface area contributed by atoms with Crippen molar-refractivity contribution in [1.29, 1.82) is 0 Å². The fourth-order valence-corrected chi connectivity index (χ4v) is 2.43. The molecular weight excluding hydrogens is 236 g/mol. The van der Waals surface area contributed by atoms with E-state index in [9.17, 15) is 8.78 Å². The predicted molar refractivity (Wildman–Crippen MR) is 69.7 cm³/mol. The SMILES string of the molecule is CN(C)C1CCCN(c2cc(F)cc(F)c2N)C1. The van der Waals surface area contributed by atoms with Crippen LogP contribution in [0.15, 0.2) is 12.1 Å². The summed E-state index contributed by atoms with van der Waals surface area (Å²) in [5.41, 5.74) is 6.22. The summed E-state index contributed by atoms with van der Waals surface area (Å²) < 4.78 is 26.7. The van der Waals surface area contributed by atoms with Crippen molar-refractivity contribution in [2.24, 2.45) is 0 Å². The lowest BCUT2D eigenvalue weighted by molar-refractivity contribution is 0.258. The standard InChI is InChI=1S/C13H19F2N3/c1-17(2)10-4-3-5-18(8-10)12-7-9(14)6-11(15)13(12)16/h6-7,10H,3-5,8,16H2,1-2H3. The molecule has 1 heterocycles. The van der Waals surface area contributed by atoms with Crippen molar-refractivity contribution in [3.05, 3.63) is 23.8 Å². The van der Waals surface area contributed by atoms with Gasteiger partial charge in [-0.1, -0.05) is 0 Å². The van der Waals surface area contributed by atoms with Gasteiger partial charge in [-0.05, 0) is 33.0 Å². The monoisotopic (exact) mass is 255 g/mol. The van der Waals surface area contributed by atoms with Crippen molar-refractivity contribution in [3.63, 3.8) is 0 Å². The summed E-state index contributed by atoms with van der Waals surface area (Å²) in [6.45, 7) is 1.54. The number of piperidine rings is 1. The second kappa shape index (κ2) is 5.10. The van der Waals surface area contributed by atoms with Crippen molar-refractivity contribution < 1.29 is 8.78 Å². The highest BCUT2D eigenvalue weighted by Gasteiger charge is 2.24. The van der Waals surface area contributed by atoms with Crippen LogP contribution in [0.2, 0.25) is 0 Å². The zero-order chi connectivity index (χ0) is 13.3. The van der Waals surface area contributed by atoms with Gasteiger partial charge in [-0.15, -0.1) is 0 Å². The molecule has 2 N–H and O–H groups in total. The normalized spacial score (nSPS) is 20.5. The fraction of sp³-hybridized carbons (Fsp3) is 0.538. The van der Waals surface area contributed by atoms with Gasteiger partial charge in [0, 0.05) is 25.2 Å². The van der Waals surface area contributed by atoms with Crippen LogP contribution in [0, 0.1) is 11.6 Å². The molecule has 1 atom stereocenters. The largest absolute Gasteiger partial charge is 0.395 e. The van der Waals surface area contributed by atoms with E-state index in [2.05, 4.69) is 4.90 Å². The van der Waals surface area contributed by atoms with Crippen LogP contribution in [0.1, 0.15) is 12.8 Å². The lowest BCUT2D eigenvalue weighted by Gasteiger charge is -2.38. The van der Waals surface area contributed by atoms with Crippen LogP contribution in [0.25, 0.3) is 0 Å². The van der Waals surface area contributed by atoms with Crippen molar-refractivity contribution in [2.75, 3.05) is 37.8 Å². The maximum absolute atomic E-state index is 13.4. The molecular formula is C13H19F2N3. The van der Waals surface area contributed by atoms with Gasteiger partial charge in [0.1, 0.15) is 5.82 Å². The van der Waals surface area contributed by atoms with E-state index in [-0.39, 0.29) is 5.69 Å². The molecule has 0 aliphatic carbocycles. The number of halogens is 2. The van der Waals surface area contributed by atoms with Crippen molar-refractivity contribution in [2.45, 2.75) is 18.9 Å². The summed E-state index contributed by atoms with van der Waals surface area (Å²) in [7, 11) is 4.04. The van der Waals surface area contributed by atoms with Gasteiger partial charge < -0.3 is 15.5 Å². The second-order valence-electron chi connectivity index (χ2n) is 5.03. The molecule has 1 aromatic rings. The van der Waals surface area contributed by atoms with Gasteiger partial charge in [-0.25, -0.2) is 8.78 Å². The third-order valence-electron chi connectivity index (χ3n) is 3.54. The summed E-state index contributed by atoms with van der Waals surface area (Å²) in [5.74, 6) is -1.26. The van der Waals surface area contributed by atoms with Gasteiger partial charge in [-0.3, -0.25) is 0 Å². The number of nitrogens with two attached hydrogens (primary N) is 1. The average molecular weight is 255 g/mol. The van der Waals surface area contributed by atoms with Crippen LogP contribution in [-0.2, 0) is 0 Å². The summed E-state index contributed by atoms with van der Waals surface area (Å²) >= 11 is 0. The number of benzene rings is 1. The lowest BCUT2D eigenvalue weighted by atomic mass is 10.0. The third kappa shape index (κ3) is 2.56. The van der Waals surface area contributed by atoms with E-state index in [0.29, 0.717) is 11.7 Å². The molecule has 0 radical (unpaired) electrons. The van der Waals surface area contributed by atoms with Crippen LogP contribution in [0.3, 0.4) is 0 Å². The molecule has 100 valence electrons. The molecule has 0 spiro atoms. The quantitative estimate of drug-likeness (QED) is 0.821. The zero-order valence-electron chi connectivity index (χ0n) is 10.8. The van der Waals surface area contributed by atoms with E-state index in [1.165, 1.54) is 6.07 Å². The smallest absolute Gasteiger partial charge is 0.151 e. The van der Waals surface area contributed by atoms with Gasteiger partial charge in [0.2, 0.25) is 0 Å². The van der Waals surface area contributed by atoms with Crippen LogP contribution < -0.4 is 10.6 Å². The number of nitrogens with zero attached hydrogens (tertiary/aromatic N) is 2. The van der Waals surface area contributed by atoms with Gasteiger partial charge in [0.15, 0.2) is 5.82 Å². The van der Waals surface area contributed by atoms with Crippen LogP contribution in [0.5, 0.6) is 0 Å². The minimum absolute atomic E-state index is 0.0378. The molecule has 5 heteroatoms. The highest BCUT2D eigenvalue weighted by atomic mass is 19.1. The Bertz CT molecular complexity index is 434. The summed E-state index contributed by atoms with van der Waals surface area (Å²) in [4.78, 5) is 4.10. The van der Waals surface area contributed by atoms with Crippen LogP contribution in [0.4, 0.5) is 20.2 Å². The van der Waals surface area contributed by atoms with E-state index in [1.807, 2.05) is 19.0 Å². The van der Waals surface area contributed by atoms with Gasteiger partial charge in [0.05, 0.1) is 11.4 Å². The first-order valence-corrected chi connectivity index (χ1v) is 6.15.